The largest absolute Gasteiger partial charge is 0.508 e. The molecule has 1 aliphatic heterocycles. The minimum absolute atomic E-state index is 0.0358. The van der Waals surface area contributed by atoms with Crippen LogP contribution in [0.2, 0.25) is 0 Å². The summed E-state index contributed by atoms with van der Waals surface area (Å²) < 4.78 is 5.42. The number of phenols is 1. The number of hydrogen-bond donors (Lipinski definition) is 2. The molecule has 1 unspecified atom stereocenters. The molecule has 0 bridgehead atoms. The maximum atomic E-state index is 12.6. The molecular formula is C17H13N3O4S. The Kier molecular flexibility index (Phi) is 3.73. The van der Waals surface area contributed by atoms with Gasteiger partial charge in [-0.15, -0.1) is 11.3 Å². The predicted molar refractivity (Wildman–Crippen MR) is 89.7 cm³/mol. The molecule has 1 aliphatic rings. The van der Waals surface area contributed by atoms with Crippen LogP contribution in [0.5, 0.6) is 5.75 Å². The molecule has 2 N–H and O–H groups in total. The summed E-state index contributed by atoms with van der Waals surface area (Å²) in [6, 6.07) is 8.68. The van der Waals surface area contributed by atoms with E-state index in [1.807, 2.05) is 17.5 Å². The molecule has 2 aromatic heterocycles. The van der Waals surface area contributed by atoms with Gasteiger partial charge in [-0.25, -0.2) is 9.78 Å². The third-order valence-corrected chi connectivity index (χ3v) is 4.71. The number of nitrogens with zero attached hydrogens (tertiary/aromatic N) is 2. The minimum Gasteiger partial charge on any atom is -0.508 e. The molecule has 0 radical (unpaired) electrons. The monoisotopic (exact) mass is 355 g/mol. The van der Waals surface area contributed by atoms with E-state index in [0.717, 1.165) is 9.78 Å². The van der Waals surface area contributed by atoms with E-state index < -0.39 is 12.1 Å². The van der Waals surface area contributed by atoms with Crippen LogP contribution in [0.4, 0.5) is 4.79 Å². The molecule has 0 aliphatic carbocycles. The van der Waals surface area contributed by atoms with Crippen molar-refractivity contribution in [1.29, 1.82) is 0 Å². The first-order valence-electron chi connectivity index (χ1n) is 7.51. The molecule has 0 saturated carbocycles. The van der Waals surface area contributed by atoms with Crippen molar-refractivity contribution >= 4 is 23.3 Å². The van der Waals surface area contributed by atoms with Gasteiger partial charge in [0.05, 0.1) is 17.1 Å². The number of amides is 3. The number of hydrogen-bond acceptors (Lipinski definition) is 6. The zero-order valence-corrected chi connectivity index (χ0v) is 13.7. The topological polar surface area (TPSA) is 95.7 Å². The van der Waals surface area contributed by atoms with Crippen LogP contribution >= 0.6 is 11.3 Å². The molecule has 0 spiro atoms. The standard InChI is InChI=1S/C17H13N3O4S/c21-12-5-3-10(4-6-12)14-16(22)20(17(23)19-14)8-11-9-24-15(18-11)13-2-1-7-25-13/h1-7,9,14,21H,8H2,(H,19,23). The lowest BCUT2D eigenvalue weighted by Gasteiger charge is -2.11. The Labute approximate surface area is 146 Å². The third kappa shape index (κ3) is 2.87. The number of oxazole rings is 1. The fourth-order valence-corrected chi connectivity index (χ4v) is 3.27. The van der Waals surface area contributed by atoms with Gasteiger partial charge in [0.2, 0.25) is 5.89 Å². The Hall–Kier alpha value is -3.13. The normalized spacial score (nSPS) is 17.1. The highest BCUT2D eigenvalue weighted by atomic mass is 32.1. The van der Waals surface area contributed by atoms with Crippen molar-refractivity contribution in [2.45, 2.75) is 12.6 Å². The van der Waals surface area contributed by atoms with E-state index in [4.69, 9.17) is 4.42 Å². The first kappa shape index (κ1) is 15.4. The van der Waals surface area contributed by atoms with Gasteiger partial charge >= 0.3 is 6.03 Å². The van der Waals surface area contributed by atoms with Gasteiger partial charge < -0.3 is 14.8 Å². The number of nitrogens with one attached hydrogen (secondary N) is 1. The lowest BCUT2D eigenvalue weighted by molar-refractivity contribution is -0.128. The van der Waals surface area contributed by atoms with Crippen molar-refractivity contribution in [3.05, 3.63) is 59.3 Å². The van der Waals surface area contributed by atoms with E-state index in [9.17, 15) is 14.7 Å². The number of carbonyl (C=O) groups is 2. The van der Waals surface area contributed by atoms with Crippen molar-refractivity contribution in [2.75, 3.05) is 0 Å². The van der Waals surface area contributed by atoms with Crippen LogP contribution in [0.3, 0.4) is 0 Å². The van der Waals surface area contributed by atoms with Crippen molar-refractivity contribution in [3.8, 4) is 16.5 Å². The number of rotatable bonds is 4. The molecule has 1 aromatic carbocycles. The fourth-order valence-electron chi connectivity index (χ4n) is 2.62. The van der Waals surface area contributed by atoms with Crippen molar-refractivity contribution < 1.29 is 19.1 Å². The lowest BCUT2D eigenvalue weighted by atomic mass is 10.1. The van der Waals surface area contributed by atoms with Crippen LogP contribution in [0.15, 0.2) is 52.5 Å². The van der Waals surface area contributed by atoms with Crippen LogP contribution in [-0.2, 0) is 11.3 Å². The summed E-state index contributed by atoms with van der Waals surface area (Å²) in [4.78, 5) is 31.0. The van der Waals surface area contributed by atoms with Crippen LogP contribution in [0.1, 0.15) is 17.3 Å². The van der Waals surface area contributed by atoms with E-state index in [-0.39, 0.29) is 18.2 Å². The number of aromatic nitrogens is 1. The molecule has 4 rings (SSSR count). The lowest BCUT2D eigenvalue weighted by Crippen LogP contribution is -2.30. The van der Waals surface area contributed by atoms with Crippen LogP contribution in [0.25, 0.3) is 10.8 Å². The van der Waals surface area contributed by atoms with E-state index in [1.54, 1.807) is 12.1 Å². The van der Waals surface area contributed by atoms with Gasteiger partial charge in [0.15, 0.2) is 0 Å². The molecule has 7 nitrogen and oxygen atoms in total. The van der Waals surface area contributed by atoms with Gasteiger partial charge in [-0.1, -0.05) is 18.2 Å². The number of aromatic hydroxyl groups is 1. The Morgan fingerprint density at radius 1 is 1.24 bits per heavy atom. The van der Waals surface area contributed by atoms with Gasteiger partial charge in [-0.2, -0.15) is 0 Å². The summed E-state index contributed by atoms with van der Waals surface area (Å²) in [5, 5.41) is 13.9. The highest BCUT2D eigenvalue weighted by molar-refractivity contribution is 7.13. The van der Waals surface area contributed by atoms with Gasteiger partial charge in [-0.3, -0.25) is 9.69 Å². The van der Waals surface area contributed by atoms with Crippen LogP contribution < -0.4 is 5.32 Å². The zero-order valence-electron chi connectivity index (χ0n) is 12.9. The van der Waals surface area contributed by atoms with Gasteiger partial charge in [0.1, 0.15) is 18.1 Å². The zero-order chi connectivity index (χ0) is 17.4. The molecule has 1 saturated heterocycles. The van der Waals surface area contributed by atoms with Crippen LogP contribution in [0, 0.1) is 0 Å². The van der Waals surface area contributed by atoms with Crippen molar-refractivity contribution in [3.63, 3.8) is 0 Å². The molecule has 3 amide bonds. The Bertz CT molecular complexity index is 918. The summed E-state index contributed by atoms with van der Waals surface area (Å²) in [5.41, 5.74) is 1.11. The van der Waals surface area contributed by atoms with Crippen molar-refractivity contribution in [2.24, 2.45) is 0 Å². The Balaban J connectivity index is 1.52. The number of benzene rings is 1. The second kappa shape index (κ2) is 6.06. The van der Waals surface area contributed by atoms with E-state index >= 15 is 0 Å². The predicted octanol–water partition coefficient (Wildman–Crippen LogP) is 2.90. The summed E-state index contributed by atoms with van der Waals surface area (Å²) in [6.45, 7) is 0.0358. The third-order valence-electron chi connectivity index (χ3n) is 3.86. The molecule has 3 heterocycles. The summed E-state index contributed by atoms with van der Waals surface area (Å²) in [7, 11) is 0. The first-order valence-corrected chi connectivity index (χ1v) is 8.39. The number of urea groups is 1. The maximum absolute atomic E-state index is 12.6. The fraction of sp³-hybridized carbons (Fsp3) is 0.118. The smallest absolute Gasteiger partial charge is 0.325 e. The molecule has 1 fully saturated rings. The average Bonchev–Trinajstić information content (AvgIpc) is 3.33. The second-order valence-corrected chi connectivity index (χ2v) is 6.47. The first-order chi connectivity index (χ1) is 12.1. The number of thiophene rings is 1. The molecule has 25 heavy (non-hydrogen) atoms. The number of phenolic OH excluding ortho intramolecular Hbond substituents is 1. The van der Waals surface area contributed by atoms with Gasteiger partial charge in [0.25, 0.3) is 5.91 Å². The van der Waals surface area contributed by atoms with E-state index in [2.05, 4.69) is 10.3 Å². The summed E-state index contributed by atoms with van der Waals surface area (Å²) >= 11 is 1.50. The van der Waals surface area contributed by atoms with Crippen LogP contribution in [-0.4, -0.2) is 26.9 Å². The second-order valence-electron chi connectivity index (χ2n) is 5.52. The Morgan fingerprint density at radius 3 is 2.76 bits per heavy atom. The van der Waals surface area contributed by atoms with E-state index in [0.29, 0.717) is 17.1 Å². The molecular weight excluding hydrogens is 342 g/mol. The molecule has 126 valence electrons. The minimum atomic E-state index is -0.767. The average molecular weight is 355 g/mol. The maximum Gasteiger partial charge on any atom is 0.325 e. The molecule has 3 aromatic rings. The Morgan fingerprint density at radius 2 is 2.04 bits per heavy atom. The van der Waals surface area contributed by atoms with Crippen molar-refractivity contribution in [1.82, 2.24) is 15.2 Å². The SMILES string of the molecule is O=C1NC(c2ccc(O)cc2)C(=O)N1Cc1coc(-c2cccs2)n1. The highest BCUT2D eigenvalue weighted by Gasteiger charge is 2.39. The molecule has 8 heteroatoms. The van der Waals surface area contributed by atoms with Gasteiger partial charge in [-0.05, 0) is 29.1 Å². The number of carbonyl (C=O) groups excluding carboxylic acids is 2. The summed E-state index contributed by atoms with van der Waals surface area (Å²) in [5.74, 6) is 0.199. The summed E-state index contributed by atoms with van der Waals surface area (Å²) in [6.07, 6.45) is 1.45. The quantitative estimate of drug-likeness (QED) is 0.702. The van der Waals surface area contributed by atoms with E-state index in [1.165, 1.54) is 29.7 Å². The van der Waals surface area contributed by atoms with Gasteiger partial charge in [0, 0.05) is 0 Å². The molecule has 1 atom stereocenters. The highest BCUT2D eigenvalue weighted by Crippen LogP contribution is 2.27. The number of imide groups is 1.